The molecule has 0 unspecified atom stereocenters. The standard InChI is InChI=1S/2C33H30N.C31H28NS.C29H28N.2Ir/c2*1(4-12-26-13-6-3-7-14-26)2-5-15-27-16-10-18-29(24-27)30-19-11-20-31(25-30)33-23-22-28-17-8-9-21-32(28)34-33;1(4-12-24-13-6-3-7-14-24)2-5-15-25-16-10-17-26(22-25)27-18-11-19-28(23-27)31-32-29-20-8-9-21-30(29)33-31;1(4-12-24-13-6-3-7-14-24)2-5-15-25-16-10-17-26(22-25)27-18-11-19-28(23-27)29-20-8-9-21-30-29;;/h2*3,6-11,13-14,16-19,21-25H,1-2,4-5,12,15H2;3,6-11,13-14,16-18,20-23H,1-2,4-5,12,15H2;3,6-11,13-14,16-18,20-23H,1-2,4-5,12,15H2;;/q4*-1;;. The first-order valence-electron chi connectivity index (χ1n) is 47.5. The number of benzene rings is 15. The van der Waals surface area contributed by atoms with Crippen LogP contribution in [0.1, 0.15) is 147 Å². The van der Waals surface area contributed by atoms with E-state index in [4.69, 9.17) is 15.0 Å². The van der Waals surface area contributed by atoms with E-state index in [2.05, 4.69) is 363 Å². The van der Waals surface area contributed by atoms with Crippen LogP contribution in [-0.2, 0) is 91.6 Å². The van der Waals surface area contributed by atoms with Crippen LogP contribution >= 0.6 is 11.3 Å². The van der Waals surface area contributed by atoms with E-state index in [1.807, 2.05) is 79.0 Å². The molecule has 0 aliphatic carbocycles. The Morgan fingerprint density at radius 3 is 0.812 bits per heavy atom. The molecule has 0 aliphatic heterocycles. The fourth-order valence-electron chi connectivity index (χ4n) is 17.3. The first-order valence-corrected chi connectivity index (χ1v) is 48.3. The minimum atomic E-state index is 0. The van der Waals surface area contributed by atoms with E-state index < -0.39 is 0 Å². The third-order valence-electron chi connectivity index (χ3n) is 24.6. The molecule has 668 valence electrons. The summed E-state index contributed by atoms with van der Waals surface area (Å²) < 4.78 is 1.22. The van der Waals surface area contributed by atoms with Crippen LogP contribution in [0.5, 0.6) is 0 Å². The summed E-state index contributed by atoms with van der Waals surface area (Å²) in [4.78, 5) is 19.0. The van der Waals surface area contributed by atoms with Gasteiger partial charge in [-0.1, -0.05) is 355 Å². The second-order valence-corrected chi connectivity index (χ2v) is 35.4. The van der Waals surface area contributed by atoms with Crippen molar-refractivity contribution in [3.8, 4) is 88.9 Å². The molecule has 19 aromatic rings. The van der Waals surface area contributed by atoms with Gasteiger partial charge in [-0.3, -0.25) is 15.0 Å². The first-order chi connectivity index (χ1) is 64.9. The molecule has 0 bridgehead atoms. The summed E-state index contributed by atoms with van der Waals surface area (Å²) in [6.45, 7) is 0. The maximum Gasteiger partial charge on any atom is 0.0697 e. The molecule has 0 saturated heterocycles. The van der Waals surface area contributed by atoms with Crippen molar-refractivity contribution in [1.29, 1.82) is 0 Å². The molecule has 0 aliphatic rings. The molecule has 19 rings (SSSR count). The number of thiazole rings is 1. The van der Waals surface area contributed by atoms with E-state index in [9.17, 15) is 0 Å². The third-order valence-corrected chi connectivity index (χ3v) is 25.6. The van der Waals surface area contributed by atoms with Crippen molar-refractivity contribution in [2.45, 2.75) is 154 Å². The topological polar surface area (TPSA) is 51.6 Å². The number of aryl methyl sites for hydroxylation is 8. The number of para-hydroxylation sites is 3. The van der Waals surface area contributed by atoms with Gasteiger partial charge in [0, 0.05) is 56.1 Å². The molecule has 2 radical (unpaired) electrons. The van der Waals surface area contributed by atoms with Crippen LogP contribution in [0.3, 0.4) is 0 Å². The van der Waals surface area contributed by atoms with Gasteiger partial charge in [-0.15, -0.1) is 142 Å². The molecule has 133 heavy (non-hydrogen) atoms. The molecular weight excluding hydrogens is 1990 g/mol. The van der Waals surface area contributed by atoms with E-state index in [-0.39, 0.29) is 40.2 Å². The predicted octanol–water partition coefficient (Wildman–Crippen LogP) is 33.8. The van der Waals surface area contributed by atoms with Gasteiger partial charge in [-0.05, 0) is 228 Å². The number of rotatable bonds is 36. The Kier molecular flexibility index (Phi) is 38.2. The third kappa shape index (κ3) is 30.0. The number of nitrogens with zero attached hydrogens (tertiary/aromatic N) is 4. The molecular formula is C126H116Ir2N4S-4. The van der Waals surface area contributed by atoms with Gasteiger partial charge >= 0.3 is 0 Å². The largest absolute Gasteiger partial charge is 0.305 e. The zero-order valence-electron chi connectivity index (χ0n) is 76.1. The second kappa shape index (κ2) is 52.6. The van der Waals surface area contributed by atoms with Crippen molar-refractivity contribution in [2.75, 3.05) is 0 Å². The number of hydrogen-bond acceptors (Lipinski definition) is 5. The smallest absolute Gasteiger partial charge is 0.0697 e. The molecule has 0 N–H and O–H groups in total. The number of fused-ring (bicyclic) bond motifs is 3. The Hall–Kier alpha value is -12.5. The molecule has 0 spiro atoms. The zero-order chi connectivity index (χ0) is 88.7. The molecule has 4 nitrogen and oxygen atoms in total. The summed E-state index contributed by atoms with van der Waals surface area (Å²) in [6, 6.07) is 157. The monoisotopic (exact) mass is 2100 g/mol. The summed E-state index contributed by atoms with van der Waals surface area (Å²) in [7, 11) is 0. The van der Waals surface area contributed by atoms with Crippen LogP contribution in [-0.4, -0.2) is 19.9 Å². The number of pyridine rings is 3. The van der Waals surface area contributed by atoms with Crippen LogP contribution in [0.15, 0.2) is 413 Å². The first kappa shape index (κ1) is 96.5. The second-order valence-electron chi connectivity index (χ2n) is 34.3. The quantitative estimate of drug-likeness (QED) is 0.0290. The summed E-state index contributed by atoms with van der Waals surface area (Å²) in [5, 5.41) is 3.36. The van der Waals surface area contributed by atoms with E-state index in [0.29, 0.717) is 0 Å². The van der Waals surface area contributed by atoms with Crippen LogP contribution < -0.4 is 0 Å². The van der Waals surface area contributed by atoms with Gasteiger partial charge in [-0.2, -0.15) is 11.3 Å². The van der Waals surface area contributed by atoms with Crippen molar-refractivity contribution >= 4 is 43.4 Å². The van der Waals surface area contributed by atoms with Crippen molar-refractivity contribution in [3.05, 3.63) is 481 Å². The van der Waals surface area contributed by atoms with Gasteiger partial charge in [0.1, 0.15) is 0 Å². The SMILES string of the molecule is [Ir].[Ir].[c-]1ccc(-c2cccc(CCCCCCc3ccccc3)c2)cc1-c1ccc2ccccc2n1.[c-]1ccc(-c2cccc(CCCCCCc3ccccc3)c2)cc1-c1ccc2ccccc2n1.[c-]1ccc(-c2cccc(CCCCCCc3ccccc3)c2)cc1-c1ccccn1.[c-]1ccc(-c2cccc(CCCCCCc3ccccc3)c2)cc1-c1nc2ccccc2s1. The van der Waals surface area contributed by atoms with Gasteiger partial charge < -0.3 is 4.98 Å². The van der Waals surface area contributed by atoms with E-state index in [1.54, 1.807) is 11.3 Å². The van der Waals surface area contributed by atoms with Crippen LogP contribution in [0, 0.1) is 24.3 Å². The summed E-state index contributed by atoms with van der Waals surface area (Å²) in [6.07, 6.45) is 31.6. The Balaban J connectivity index is 0.000000142. The molecule has 0 amide bonds. The minimum absolute atomic E-state index is 0. The summed E-state index contributed by atoms with van der Waals surface area (Å²) in [5.74, 6) is 0. The van der Waals surface area contributed by atoms with Gasteiger partial charge in [-0.25, -0.2) is 0 Å². The number of unbranched alkanes of at least 4 members (excludes halogenated alkanes) is 12. The Bertz CT molecular complexity index is 6450. The average Bonchev–Trinajstić information content (AvgIpc) is 1.80. The van der Waals surface area contributed by atoms with Gasteiger partial charge in [0.2, 0.25) is 0 Å². The summed E-state index contributed by atoms with van der Waals surface area (Å²) >= 11 is 1.73. The Labute approximate surface area is 821 Å². The van der Waals surface area contributed by atoms with Crippen LogP contribution in [0.25, 0.3) is 121 Å². The van der Waals surface area contributed by atoms with Crippen LogP contribution in [0.2, 0.25) is 0 Å². The Morgan fingerprint density at radius 2 is 0.474 bits per heavy atom. The fraction of sp³-hybridized carbons (Fsp3) is 0.190. The van der Waals surface area contributed by atoms with Gasteiger partial charge in [0.15, 0.2) is 0 Å². The average molecular weight is 2100 g/mol. The van der Waals surface area contributed by atoms with E-state index in [0.717, 1.165) is 97.3 Å². The maximum atomic E-state index is 4.85. The molecule has 0 saturated carbocycles. The minimum Gasteiger partial charge on any atom is -0.305 e. The van der Waals surface area contributed by atoms with Crippen LogP contribution in [0.4, 0.5) is 0 Å². The predicted molar refractivity (Wildman–Crippen MR) is 555 cm³/mol. The van der Waals surface area contributed by atoms with E-state index >= 15 is 0 Å². The fourth-order valence-corrected chi connectivity index (χ4v) is 18.3. The van der Waals surface area contributed by atoms with Crippen molar-refractivity contribution < 1.29 is 40.2 Å². The van der Waals surface area contributed by atoms with Crippen molar-refractivity contribution in [1.82, 2.24) is 19.9 Å². The molecule has 0 fully saturated rings. The molecule has 4 heterocycles. The molecule has 0 atom stereocenters. The molecule has 7 heteroatoms. The van der Waals surface area contributed by atoms with Gasteiger partial charge in [0.05, 0.1) is 16.6 Å². The zero-order valence-corrected chi connectivity index (χ0v) is 81.7. The number of aromatic nitrogens is 4. The maximum absolute atomic E-state index is 4.85. The van der Waals surface area contributed by atoms with Gasteiger partial charge in [0.25, 0.3) is 0 Å². The molecule has 4 aromatic heterocycles. The number of hydrogen-bond donors (Lipinski definition) is 0. The normalized spacial score (nSPS) is 10.9. The van der Waals surface area contributed by atoms with E-state index in [1.165, 1.54) is 222 Å². The van der Waals surface area contributed by atoms with Crippen molar-refractivity contribution in [2.24, 2.45) is 0 Å². The summed E-state index contributed by atoms with van der Waals surface area (Å²) in [5.41, 5.74) is 31.6. The van der Waals surface area contributed by atoms with Crippen molar-refractivity contribution in [3.63, 3.8) is 0 Å². The molecule has 15 aromatic carbocycles. The Morgan fingerprint density at radius 1 is 0.195 bits per heavy atom.